The third kappa shape index (κ3) is 4.37. The van der Waals surface area contributed by atoms with Crippen LogP contribution in [0.5, 0.6) is 0 Å². The average Bonchev–Trinajstić information content (AvgIpc) is 2.65. The highest BCUT2D eigenvalue weighted by atomic mass is 35.5. The molecule has 6 heteroatoms. The zero-order valence-electron chi connectivity index (χ0n) is 14.6. The second-order valence-corrected chi connectivity index (χ2v) is 6.38. The normalized spacial score (nSPS) is 10.4. The predicted molar refractivity (Wildman–Crippen MR) is 104 cm³/mol. The van der Waals surface area contributed by atoms with E-state index in [2.05, 4.69) is 20.6 Å². The van der Waals surface area contributed by atoms with Crippen molar-refractivity contribution in [2.45, 2.75) is 20.4 Å². The number of benzene rings is 2. The molecule has 2 aromatic carbocycles. The van der Waals surface area contributed by atoms with Gasteiger partial charge < -0.3 is 10.6 Å². The zero-order valence-corrected chi connectivity index (χ0v) is 15.3. The van der Waals surface area contributed by atoms with Crippen molar-refractivity contribution < 1.29 is 4.79 Å². The summed E-state index contributed by atoms with van der Waals surface area (Å²) in [6, 6.07) is 14.9. The first kappa shape index (κ1) is 17.9. The highest BCUT2D eigenvalue weighted by Crippen LogP contribution is 2.20. The Hall–Kier alpha value is -2.92. The Morgan fingerprint density at radius 1 is 1.08 bits per heavy atom. The van der Waals surface area contributed by atoms with Crippen molar-refractivity contribution in [2.75, 3.05) is 5.32 Å². The maximum absolute atomic E-state index is 12.4. The van der Waals surface area contributed by atoms with Crippen LogP contribution in [0.1, 0.15) is 27.2 Å². The molecule has 0 spiro atoms. The molecule has 0 atom stereocenters. The number of amides is 1. The van der Waals surface area contributed by atoms with Gasteiger partial charge >= 0.3 is 0 Å². The number of carbonyl (C=O) groups is 1. The molecule has 0 saturated heterocycles. The molecule has 3 aromatic rings. The maximum atomic E-state index is 12.4. The Morgan fingerprint density at radius 3 is 2.62 bits per heavy atom. The van der Waals surface area contributed by atoms with E-state index in [0.717, 1.165) is 16.8 Å². The largest absolute Gasteiger partial charge is 0.347 e. The van der Waals surface area contributed by atoms with Crippen molar-refractivity contribution in [1.82, 2.24) is 15.3 Å². The monoisotopic (exact) mass is 366 g/mol. The van der Waals surface area contributed by atoms with E-state index < -0.39 is 0 Å². The highest BCUT2D eigenvalue weighted by molar-refractivity contribution is 6.30. The number of anilines is 2. The minimum atomic E-state index is -0.258. The number of aryl methyl sites for hydroxylation is 1. The van der Waals surface area contributed by atoms with E-state index >= 15 is 0 Å². The predicted octanol–water partition coefficient (Wildman–Crippen LogP) is 4.42. The molecule has 0 fully saturated rings. The van der Waals surface area contributed by atoms with Gasteiger partial charge in [-0.05, 0) is 54.8 Å². The lowest BCUT2D eigenvalue weighted by molar-refractivity contribution is 0.0946. The summed E-state index contributed by atoms with van der Waals surface area (Å²) in [5.74, 6) is 0.129. The van der Waals surface area contributed by atoms with Crippen LogP contribution in [0, 0.1) is 13.8 Å². The van der Waals surface area contributed by atoms with Crippen LogP contribution in [0.3, 0.4) is 0 Å². The Labute approximate surface area is 157 Å². The van der Waals surface area contributed by atoms with E-state index in [1.807, 2.05) is 44.2 Å². The van der Waals surface area contributed by atoms with Gasteiger partial charge in [-0.2, -0.15) is 0 Å². The van der Waals surface area contributed by atoms with E-state index in [0.29, 0.717) is 23.2 Å². The Kier molecular flexibility index (Phi) is 5.49. The van der Waals surface area contributed by atoms with Gasteiger partial charge in [0.2, 0.25) is 5.95 Å². The van der Waals surface area contributed by atoms with E-state index in [9.17, 15) is 4.79 Å². The van der Waals surface area contributed by atoms with Crippen LogP contribution in [-0.2, 0) is 6.54 Å². The lowest BCUT2D eigenvalue weighted by atomic mass is 10.1. The fourth-order valence-corrected chi connectivity index (χ4v) is 2.55. The second-order valence-electron chi connectivity index (χ2n) is 5.95. The fourth-order valence-electron chi connectivity index (χ4n) is 2.43. The molecular formula is C20H19ClN4O. The lowest BCUT2D eigenvalue weighted by Crippen LogP contribution is -2.24. The van der Waals surface area contributed by atoms with Gasteiger partial charge in [-0.15, -0.1) is 0 Å². The first-order valence-electron chi connectivity index (χ1n) is 8.22. The molecule has 1 heterocycles. The quantitative estimate of drug-likeness (QED) is 0.701. The number of carbonyl (C=O) groups excluding carboxylic acids is 1. The SMILES string of the molecule is Cc1cccc(Nc2nccc(C(=O)NCc3ccc(Cl)cc3)n2)c1C. The van der Waals surface area contributed by atoms with Crippen LogP contribution >= 0.6 is 11.6 Å². The number of hydrogen-bond acceptors (Lipinski definition) is 4. The van der Waals surface area contributed by atoms with Gasteiger partial charge in [-0.1, -0.05) is 35.9 Å². The van der Waals surface area contributed by atoms with Crippen molar-refractivity contribution in [2.24, 2.45) is 0 Å². The van der Waals surface area contributed by atoms with Gasteiger partial charge in [-0.25, -0.2) is 9.97 Å². The number of hydrogen-bond donors (Lipinski definition) is 2. The van der Waals surface area contributed by atoms with Crippen molar-refractivity contribution >= 4 is 29.1 Å². The number of halogens is 1. The molecule has 1 amide bonds. The van der Waals surface area contributed by atoms with Gasteiger partial charge in [0.1, 0.15) is 5.69 Å². The fraction of sp³-hybridized carbons (Fsp3) is 0.150. The molecule has 2 N–H and O–H groups in total. The van der Waals surface area contributed by atoms with E-state index in [-0.39, 0.29) is 5.91 Å². The molecule has 1 aromatic heterocycles. The number of rotatable bonds is 5. The van der Waals surface area contributed by atoms with Crippen LogP contribution in [0.15, 0.2) is 54.7 Å². The van der Waals surface area contributed by atoms with Gasteiger partial charge in [0.25, 0.3) is 5.91 Å². The standard InChI is InChI=1S/C20H19ClN4O/c1-13-4-3-5-17(14(13)2)24-20-22-11-10-18(25-20)19(26)23-12-15-6-8-16(21)9-7-15/h3-11H,12H2,1-2H3,(H,23,26)(H,22,24,25). The average molecular weight is 367 g/mol. The summed E-state index contributed by atoms with van der Waals surface area (Å²) in [5.41, 5.74) is 4.48. The molecule has 3 rings (SSSR count). The number of nitrogens with zero attached hydrogens (tertiary/aromatic N) is 2. The molecule has 0 aliphatic carbocycles. The highest BCUT2D eigenvalue weighted by Gasteiger charge is 2.10. The topological polar surface area (TPSA) is 66.9 Å². The van der Waals surface area contributed by atoms with Crippen LogP contribution in [0.2, 0.25) is 5.02 Å². The number of aromatic nitrogens is 2. The van der Waals surface area contributed by atoms with Crippen molar-refractivity contribution in [3.8, 4) is 0 Å². The van der Waals surface area contributed by atoms with Crippen LogP contribution in [-0.4, -0.2) is 15.9 Å². The van der Waals surface area contributed by atoms with Gasteiger partial charge in [0.05, 0.1) is 0 Å². The molecule has 0 aliphatic rings. The van der Waals surface area contributed by atoms with Gasteiger partial charge in [0.15, 0.2) is 0 Å². The van der Waals surface area contributed by atoms with Crippen molar-refractivity contribution in [3.63, 3.8) is 0 Å². The first-order chi connectivity index (χ1) is 12.5. The molecule has 0 unspecified atom stereocenters. The smallest absolute Gasteiger partial charge is 0.270 e. The molecule has 5 nitrogen and oxygen atoms in total. The van der Waals surface area contributed by atoms with Crippen LogP contribution < -0.4 is 10.6 Å². The minimum Gasteiger partial charge on any atom is -0.347 e. The van der Waals surface area contributed by atoms with Crippen molar-refractivity contribution in [1.29, 1.82) is 0 Å². The first-order valence-corrected chi connectivity index (χ1v) is 8.59. The van der Waals surface area contributed by atoms with Crippen LogP contribution in [0.25, 0.3) is 0 Å². The maximum Gasteiger partial charge on any atom is 0.270 e. The van der Waals surface area contributed by atoms with E-state index in [4.69, 9.17) is 11.6 Å². The summed E-state index contributed by atoms with van der Waals surface area (Å²) in [4.78, 5) is 20.9. The van der Waals surface area contributed by atoms with Crippen LogP contribution in [0.4, 0.5) is 11.6 Å². The third-order valence-electron chi connectivity index (χ3n) is 4.11. The third-order valence-corrected chi connectivity index (χ3v) is 4.36. The number of nitrogens with one attached hydrogen (secondary N) is 2. The molecule has 0 radical (unpaired) electrons. The second kappa shape index (κ2) is 7.97. The Balaban J connectivity index is 1.69. The minimum absolute atomic E-state index is 0.258. The van der Waals surface area contributed by atoms with Gasteiger partial charge in [-0.3, -0.25) is 4.79 Å². The molecule has 0 bridgehead atoms. The van der Waals surface area contributed by atoms with Gasteiger partial charge in [0, 0.05) is 23.5 Å². The van der Waals surface area contributed by atoms with Crippen molar-refractivity contribution in [3.05, 3.63) is 82.1 Å². The van der Waals surface area contributed by atoms with E-state index in [1.54, 1.807) is 24.4 Å². The summed E-state index contributed by atoms with van der Waals surface area (Å²) < 4.78 is 0. The molecule has 26 heavy (non-hydrogen) atoms. The summed E-state index contributed by atoms with van der Waals surface area (Å²) in [6.45, 7) is 4.47. The lowest BCUT2D eigenvalue weighted by Gasteiger charge is -2.11. The zero-order chi connectivity index (χ0) is 18.5. The summed E-state index contributed by atoms with van der Waals surface area (Å²) in [6.07, 6.45) is 1.57. The molecule has 132 valence electrons. The summed E-state index contributed by atoms with van der Waals surface area (Å²) in [5, 5.41) is 6.68. The summed E-state index contributed by atoms with van der Waals surface area (Å²) in [7, 11) is 0. The molecular weight excluding hydrogens is 348 g/mol. The molecule has 0 aliphatic heterocycles. The Morgan fingerprint density at radius 2 is 1.85 bits per heavy atom. The summed E-state index contributed by atoms with van der Waals surface area (Å²) >= 11 is 5.86. The Bertz CT molecular complexity index is 925. The molecule has 0 saturated carbocycles. The van der Waals surface area contributed by atoms with E-state index in [1.165, 1.54) is 5.56 Å².